The van der Waals surface area contributed by atoms with Crippen molar-refractivity contribution in [2.45, 2.75) is 24.8 Å². The number of hydrogen-bond acceptors (Lipinski definition) is 4. The van der Waals surface area contributed by atoms with Crippen LogP contribution in [-0.2, 0) is 0 Å². The predicted octanol–water partition coefficient (Wildman–Crippen LogP) is 1.65. The predicted molar refractivity (Wildman–Crippen MR) is 71.9 cm³/mol. The third-order valence-electron chi connectivity index (χ3n) is 3.70. The highest BCUT2D eigenvalue weighted by Gasteiger charge is 2.36. The summed E-state index contributed by atoms with van der Waals surface area (Å²) in [6, 6.07) is 0. The summed E-state index contributed by atoms with van der Waals surface area (Å²) in [5.74, 6) is 5.25. The van der Waals surface area contributed by atoms with Crippen molar-refractivity contribution in [3.8, 4) is 0 Å². The third-order valence-corrected chi connectivity index (χ3v) is 5.73. The van der Waals surface area contributed by atoms with E-state index in [9.17, 15) is 0 Å². The SMILES string of the molecule is NCC1(N2CCCSCC2)CCSCC1. The van der Waals surface area contributed by atoms with E-state index < -0.39 is 0 Å². The van der Waals surface area contributed by atoms with E-state index in [2.05, 4.69) is 28.4 Å². The monoisotopic (exact) mass is 246 g/mol. The van der Waals surface area contributed by atoms with Crippen molar-refractivity contribution in [3.63, 3.8) is 0 Å². The molecule has 2 saturated heterocycles. The Morgan fingerprint density at radius 1 is 1.00 bits per heavy atom. The Hall–Kier alpha value is 0.620. The maximum atomic E-state index is 6.06. The topological polar surface area (TPSA) is 29.3 Å². The Morgan fingerprint density at radius 2 is 1.73 bits per heavy atom. The van der Waals surface area contributed by atoms with E-state index in [1.165, 1.54) is 55.4 Å². The molecule has 0 amide bonds. The summed E-state index contributed by atoms with van der Waals surface area (Å²) in [5.41, 5.74) is 6.42. The van der Waals surface area contributed by atoms with Crippen LogP contribution in [0, 0.1) is 0 Å². The van der Waals surface area contributed by atoms with Crippen LogP contribution in [0.25, 0.3) is 0 Å². The Kier molecular flexibility index (Phi) is 4.68. The first-order valence-corrected chi connectivity index (χ1v) is 8.29. The molecule has 2 nitrogen and oxygen atoms in total. The standard InChI is InChI=1S/C11H22N2S2/c12-10-11(2-7-15-8-3-11)13-4-1-6-14-9-5-13/h1-10,12H2. The molecule has 0 aliphatic carbocycles. The van der Waals surface area contributed by atoms with Crippen molar-refractivity contribution >= 4 is 23.5 Å². The maximum Gasteiger partial charge on any atom is 0.0347 e. The fourth-order valence-electron chi connectivity index (χ4n) is 2.62. The van der Waals surface area contributed by atoms with Crippen molar-refractivity contribution in [1.29, 1.82) is 0 Å². The fourth-order valence-corrected chi connectivity index (χ4v) is 4.76. The van der Waals surface area contributed by atoms with Crippen LogP contribution in [0.3, 0.4) is 0 Å². The van der Waals surface area contributed by atoms with Crippen molar-refractivity contribution in [3.05, 3.63) is 0 Å². The van der Waals surface area contributed by atoms with Crippen LogP contribution in [-0.4, -0.2) is 53.1 Å². The summed E-state index contributed by atoms with van der Waals surface area (Å²) >= 11 is 4.20. The Labute approximate surface area is 102 Å². The average molecular weight is 246 g/mol. The molecule has 2 aliphatic rings. The molecule has 4 heteroatoms. The van der Waals surface area contributed by atoms with E-state index in [4.69, 9.17) is 5.73 Å². The lowest BCUT2D eigenvalue weighted by Crippen LogP contribution is -2.56. The zero-order valence-corrected chi connectivity index (χ0v) is 11.0. The first-order valence-electron chi connectivity index (χ1n) is 5.98. The minimum Gasteiger partial charge on any atom is -0.329 e. The van der Waals surface area contributed by atoms with Crippen molar-refractivity contribution in [2.75, 3.05) is 42.6 Å². The molecule has 2 aliphatic heterocycles. The fraction of sp³-hybridized carbons (Fsp3) is 1.00. The van der Waals surface area contributed by atoms with Gasteiger partial charge in [0.2, 0.25) is 0 Å². The first kappa shape index (κ1) is 12.1. The lowest BCUT2D eigenvalue weighted by Gasteiger charge is -2.45. The van der Waals surface area contributed by atoms with Gasteiger partial charge in [-0.15, -0.1) is 0 Å². The van der Waals surface area contributed by atoms with Crippen LogP contribution in [0.4, 0.5) is 0 Å². The van der Waals surface area contributed by atoms with Gasteiger partial charge in [-0.2, -0.15) is 23.5 Å². The van der Waals surface area contributed by atoms with Gasteiger partial charge in [0.25, 0.3) is 0 Å². The molecule has 0 radical (unpaired) electrons. The summed E-state index contributed by atoms with van der Waals surface area (Å²) in [6.45, 7) is 3.39. The zero-order valence-electron chi connectivity index (χ0n) is 9.41. The van der Waals surface area contributed by atoms with Crippen molar-refractivity contribution in [2.24, 2.45) is 5.73 Å². The summed E-state index contributed by atoms with van der Waals surface area (Å²) in [7, 11) is 0. The number of hydrogen-bond donors (Lipinski definition) is 1. The van der Waals surface area contributed by atoms with Crippen molar-refractivity contribution < 1.29 is 0 Å². The molecule has 0 atom stereocenters. The van der Waals surface area contributed by atoms with E-state index >= 15 is 0 Å². The van der Waals surface area contributed by atoms with Crippen LogP contribution in [0.2, 0.25) is 0 Å². The second-order valence-electron chi connectivity index (χ2n) is 4.49. The molecule has 0 aromatic rings. The normalized spacial score (nSPS) is 28.6. The molecule has 0 bridgehead atoms. The van der Waals surface area contributed by atoms with E-state index in [0.29, 0.717) is 5.54 Å². The number of rotatable bonds is 2. The molecule has 0 aromatic heterocycles. The number of nitrogens with two attached hydrogens (primary N) is 1. The second kappa shape index (κ2) is 5.80. The molecule has 15 heavy (non-hydrogen) atoms. The molecule has 2 rings (SSSR count). The Balaban J connectivity index is 2.01. The van der Waals surface area contributed by atoms with Gasteiger partial charge in [0.05, 0.1) is 0 Å². The average Bonchev–Trinajstić information content (AvgIpc) is 2.59. The van der Waals surface area contributed by atoms with Crippen LogP contribution in [0.5, 0.6) is 0 Å². The highest BCUT2D eigenvalue weighted by atomic mass is 32.2. The number of nitrogens with zero attached hydrogens (tertiary/aromatic N) is 1. The maximum absolute atomic E-state index is 6.06. The van der Waals surface area contributed by atoms with E-state index in [-0.39, 0.29) is 0 Å². The lowest BCUT2D eigenvalue weighted by molar-refractivity contribution is 0.0936. The molecule has 0 unspecified atom stereocenters. The molecular weight excluding hydrogens is 224 g/mol. The molecular formula is C11H22N2S2. The number of thioether (sulfide) groups is 2. The van der Waals surface area contributed by atoms with Gasteiger partial charge in [0, 0.05) is 24.4 Å². The largest absolute Gasteiger partial charge is 0.329 e. The van der Waals surface area contributed by atoms with Gasteiger partial charge >= 0.3 is 0 Å². The quantitative estimate of drug-likeness (QED) is 0.802. The lowest BCUT2D eigenvalue weighted by atomic mass is 9.90. The molecule has 2 heterocycles. The molecule has 0 spiro atoms. The van der Waals surface area contributed by atoms with Crippen LogP contribution in [0.15, 0.2) is 0 Å². The Bertz CT molecular complexity index is 185. The minimum absolute atomic E-state index is 0.357. The Morgan fingerprint density at radius 3 is 2.47 bits per heavy atom. The van der Waals surface area contributed by atoms with E-state index in [1.54, 1.807) is 0 Å². The van der Waals surface area contributed by atoms with Crippen LogP contribution in [0.1, 0.15) is 19.3 Å². The summed E-state index contributed by atoms with van der Waals surface area (Å²) < 4.78 is 0. The summed E-state index contributed by atoms with van der Waals surface area (Å²) in [4.78, 5) is 2.70. The zero-order chi connectivity index (χ0) is 10.6. The van der Waals surface area contributed by atoms with Gasteiger partial charge in [-0.05, 0) is 43.1 Å². The van der Waals surface area contributed by atoms with Crippen LogP contribution >= 0.6 is 23.5 Å². The first-order chi connectivity index (χ1) is 7.37. The van der Waals surface area contributed by atoms with Gasteiger partial charge in [-0.3, -0.25) is 4.90 Å². The molecule has 2 fully saturated rings. The smallest absolute Gasteiger partial charge is 0.0347 e. The summed E-state index contributed by atoms with van der Waals surface area (Å²) in [5, 5.41) is 0. The second-order valence-corrected chi connectivity index (χ2v) is 6.94. The molecule has 2 N–H and O–H groups in total. The summed E-state index contributed by atoms with van der Waals surface area (Å²) in [6.07, 6.45) is 3.96. The van der Waals surface area contributed by atoms with Gasteiger partial charge in [-0.1, -0.05) is 0 Å². The van der Waals surface area contributed by atoms with Gasteiger partial charge in [0.15, 0.2) is 0 Å². The van der Waals surface area contributed by atoms with Crippen molar-refractivity contribution in [1.82, 2.24) is 4.90 Å². The molecule has 0 aromatic carbocycles. The molecule has 88 valence electrons. The highest BCUT2D eigenvalue weighted by molar-refractivity contribution is 7.99. The van der Waals surface area contributed by atoms with Gasteiger partial charge in [-0.25, -0.2) is 0 Å². The molecule has 0 saturated carbocycles. The third kappa shape index (κ3) is 2.84. The van der Waals surface area contributed by atoms with E-state index in [1.807, 2.05) is 0 Å². The minimum atomic E-state index is 0.357. The van der Waals surface area contributed by atoms with Gasteiger partial charge in [0.1, 0.15) is 0 Å². The van der Waals surface area contributed by atoms with Crippen LogP contribution < -0.4 is 5.73 Å². The highest BCUT2D eigenvalue weighted by Crippen LogP contribution is 2.33. The van der Waals surface area contributed by atoms with Gasteiger partial charge < -0.3 is 5.73 Å². The van der Waals surface area contributed by atoms with E-state index in [0.717, 1.165) is 6.54 Å².